The average molecular weight is 685 g/mol. The second-order valence-corrected chi connectivity index (χ2v) is 14.1. The highest BCUT2D eigenvalue weighted by Crippen LogP contribution is 2.39. The van der Waals surface area contributed by atoms with E-state index in [0.29, 0.717) is 0 Å². The monoisotopic (exact) mass is 684 g/mol. The third-order valence-electron chi connectivity index (χ3n) is 10.8. The molecule has 0 unspecified atom stereocenters. The van der Waals surface area contributed by atoms with Crippen LogP contribution in [-0.4, -0.2) is 0 Å². The zero-order valence-electron chi connectivity index (χ0n) is 29.8. The Bertz CT molecular complexity index is 2650. The molecule has 0 aliphatic heterocycles. The van der Waals surface area contributed by atoms with E-state index in [1.165, 1.54) is 99.1 Å². The first kappa shape index (κ1) is 31.7. The lowest BCUT2D eigenvalue weighted by atomic mass is 9.89. The van der Waals surface area contributed by atoms with Crippen molar-refractivity contribution in [1.29, 1.82) is 0 Å². The SMILES string of the molecule is c1cc(-c2cc(-c3cccc(-c4cccc5ccccc45)c3)cc(-c3cccc(-c4cccc5ccccc45)c3)c2)cc(-c2cccc3ccccc23)c1. The number of hydrogen-bond acceptors (Lipinski definition) is 0. The molecular formula is C54H36. The Labute approximate surface area is 316 Å². The van der Waals surface area contributed by atoms with Gasteiger partial charge in [-0.2, -0.15) is 0 Å². The van der Waals surface area contributed by atoms with Gasteiger partial charge in [-0.05, 0) is 135 Å². The van der Waals surface area contributed by atoms with Gasteiger partial charge in [0.1, 0.15) is 0 Å². The highest BCUT2D eigenvalue weighted by molar-refractivity contribution is 6.00. The van der Waals surface area contributed by atoms with E-state index in [4.69, 9.17) is 0 Å². The van der Waals surface area contributed by atoms with Crippen LogP contribution in [0.25, 0.3) is 99.1 Å². The molecule has 0 fully saturated rings. The van der Waals surface area contributed by atoms with Gasteiger partial charge >= 0.3 is 0 Å². The van der Waals surface area contributed by atoms with Crippen LogP contribution in [0.2, 0.25) is 0 Å². The number of fused-ring (bicyclic) bond motifs is 3. The van der Waals surface area contributed by atoms with Crippen molar-refractivity contribution in [2.45, 2.75) is 0 Å². The molecule has 0 atom stereocenters. The van der Waals surface area contributed by atoms with Gasteiger partial charge < -0.3 is 0 Å². The molecule has 54 heavy (non-hydrogen) atoms. The summed E-state index contributed by atoms with van der Waals surface area (Å²) in [6, 6.07) is 79.9. The normalized spacial score (nSPS) is 11.3. The van der Waals surface area contributed by atoms with Crippen LogP contribution >= 0.6 is 0 Å². The Kier molecular flexibility index (Phi) is 7.93. The van der Waals surface area contributed by atoms with Crippen molar-refractivity contribution >= 4 is 32.3 Å². The molecule has 0 aromatic heterocycles. The van der Waals surface area contributed by atoms with Crippen LogP contribution in [0, 0.1) is 0 Å². The summed E-state index contributed by atoms with van der Waals surface area (Å²) in [5.41, 5.74) is 14.5. The lowest BCUT2D eigenvalue weighted by Gasteiger charge is -2.15. The van der Waals surface area contributed by atoms with Crippen LogP contribution in [0.5, 0.6) is 0 Å². The Hall–Kier alpha value is -7.02. The lowest BCUT2D eigenvalue weighted by molar-refractivity contribution is 1.55. The fourth-order valence-electron chi connectivity index (χ4n) is 8.16. The van der Waals surface area contributed by atoms with Crippen LogP contribution in [0.1, 0.15) is 0 Å². The summed E-state index contributed by atoms with van der Waals surface area (Å²) < 4.78 is 0. The van der Waals surface area contributed by atoms with Crippen molar-refractivity contribution in [2.24, 2.45) is 0 Å². The predicted molar refractivity (Wildman–Crippen MR) is 232 cm³/mol. The fourth-order valence-corrected chi connectivity index (χ4v) is 8.16. The molecule has 10 rings (SSSR count). The molecule has 0 N–H and O–H groups in total. The molecule has 10 aromatic rings. The number of benzene rings is 10. The topological polar surface area (TPSA) is 0 Å². The first-order valence-corrected chi connectivity index (χ1v) is 18.7. The maximum Gasteiger partial charge on any atom is -0.0105 e. The van der Waals surface area contributed by atoms with Gasteiger partial charge in [0, 0.05) is 0 Å². The highest BCUT2D eigenvalue weighted by atomic mass is 14.2. The molecule has 0 nitrogen and oxygen atoms in total. The van der Waals surface area contributed by atoms with Crippen molar-refractivity contribution in [3.63, 3.8) is 0 Å². The van der Waals surface area contributed by atoms with E-state index in [1.807, 2.05) is 0 Å². The Morgan fingerprint density at radius 1 is 0.167 bits per heavy atom. The minimum Gasteiger partial charge on any atom is -0.0616 e. The molecule has 0 radical (unpaired) electrons. The summed E-state index contributed by atoms with van der Waals surface area (Å²) in [4.78, 5) is 0. The molecule has 0 spiro atoms. The van der Waals surface area contributed by atoms with Crippen LogP contribution < -0.4 is 0 Å². The second kappa shape index (κ2) is 13.5. The molecular weight excluding hydrogens is 649 g/mol. The zero-order chi connectivity index (χ0) is 35.8. The van der Waals surface area contributed by atoms with Crippen molar-refractivity contribution in [2.75, 3.05) is 0 Å². The van der Waals surface area contributed by atoms with E-state index in [0.717, 1.165) is 0 Å². The van der Waals surface area contributed by atoms with Gasteiger partial charge in [0.2, 0.25) is 0 Å². The van der Waals surface area contributed by atoms with Gasteiger partial charge in [-0.25, -0.2) is 0 Å². The van der Waals surface area contributed by atoms with Gasteiger partial charge in [0.05, 0.1) is 0 Å². The van der Waals surface area contributed by atoms with E-state index in [-0.39, 0.29) is 0 Å². The van der Waals surface area contributed by atoms with Gasteiger partial charge in [-0.3, -0.25) is 0 Å². The minimum atomic E-state index is 1.19. The molecule has 0 saturated heterocycles. The molecule has 0 amide bonds. The first-order chi connectivity index (χ1) is 26.7. The summed E-state index contributed by atoms with van der Waals surface area (Å²) >= 11 is 0. The van der Waals surface area contributed by atoms with Crippen molar-refractivity contribution < 1.29 is 0 Å². The Morgan fingerprint density at radius 3 is 0.741 bits per heavy atom. The average Bonchev–Trinajstić information content (AvgIpc) is 3.26. The quantitative estimate of drug-likeness (QED) is 0.164. The molecule has 0 aliphatic carbocycles. The lowest BCUT2D eigenvalue weighted by Crippen LogP contribution is -1.89. The largest absolute Gasteiger partial charge is 0.0616 e. The second-order valence-electron chi connectivity index (χ2n) is 14.1. The van der Waals surface area contributed by atoms with Gasteiger partial charge in [-0.15, -0.1) is 0 Å². The summed E-state index contributed by atoms with van der Waals surface area (Å²) in [7, 11) is 0. The van der Waals surface area contributed by atoms with E-state index in [9.17, 15) is 0 Å². The Balaban J connectivity index is 1.14. The minimum absolute atomic E-state index is 1.19. The number of rotatable bonds is 6. The molecule has 0 aliphatic rings. The molecule has 252 valence electrons. The smallest absolute Gasteiger partial charge is 0.0105 e. The van der Waals surface area contributed by atoms with Gasteiger partial charge in [0.15, 0.2) is 0 Å². The van der Waals surface area contributed by atoms with Crippen molar-refractivity contribution in [1.82, 2.24) is 0 Å². The number of hydrogen-bond donors (Lipinski definition) is 0. The zero-order valence-corrected chi connectivity index (χ0v) is 29.8. The molecule has 0 heterocycles. The molecule has 10 aromatic carbocycles. The first-order valence-electron chi connectivity index (χ1n) is 18.7. The van der Waals surface area contributed by atoms with Crippen LogP contribution in [-0.2, 0) is 0 Å². The van der Waals surface area contributed by atoms with E-state index in [1.54, 1.807) is 0 Å². The molecule has 0 saturated carbocycles. The standard InChI is InChI=1S/C54H36/c1-4-25-49-37(13-1)16-10-28-52(49)43-22-7-19-40(31-43)46-34-47(41-20-8-23-44(32-41)53-29-11-17-38-14-2-5-26-50(38)53)36-48(35-46)42-21-9-24-45(33-42)54-30-12-18-39-15-3-6-27-51(39)54/h1-36H. The summed E-state index contributed by atoms with van der Waals surface area (Å²) in [6.07, 6.45) is 0. The van der Waals surface area contributed by atoms with Crippen molar-refractivity contribution in [3.8, 4) is 66.8 Å². The van der Waals surface area contributed by atoms with E-state index in [2.05, 4.69) is 218 Å². The van der Waals surface area contributed by atoms with Gasteiger partial charge in [0.25, 0.3) is 0 Å². The summed E-state index contributed by atoms with van der Waals surface area (Å²) in [5, 5.41) is 7.55. The van der Waals surface area contributed by atoms with Crippen LogP contribution in [0.4, 0.5) is 0 Å². The summed E-state index contributed by atoms with van der Waals surface area (Å²) in [6.45, 7) is 0. The van der Waals surface area contributed by atoms with Gasteiger partial charge in [-0.1, -0.05) is 182 Å². The third-order valence-corrected chi connectivity index (χ3v) is 10.8. The summed E-state index contributed by atoms with van der Waals surface area (Å²) in [5.74, 6) is 0. The predicted octanol–water partition coefficient (Wildman–Crippen LogP) is 15.1. The maximum absolute atomic E-state index is 2.36. The third kappa shape index (κ3) is 5.85. The van der Waals surface area contributed by atoms with Crippen LogP contribution in [0.3, 0.4) is 0 Å². The maximum atomic E-state index is 2.36. The van der Waals surface area contributed by atoms with Crippen molar-refractivity contribution in [3.05, 3.63) is 218 Å². The highest BCUT2D eigenvalue weighted by Gasteiger charge is 2.13. The van der Waals surface area contributed by atoms with E-state index < -0.39 is 0 Å². The molecule has 0 bridgehead atoms. The molecule has 0 heteroatoms. The fraction of sp³-hybridized carbons (Fsp3) is 0. The Morgan fingerprint density at radius 2 is 0.407 bits per heavy atom. The van der Waals surface area contributed by atoms with E-state index >= 15 is 0 Å². The van der Waals surface area contributed by atoms with Crippen LogP contribution in [0.15, 0.2) is 218 Å².